The Kier molecular flexibility index (Phi) is 6.03. The Balaban J connectivity index is 1.28. The Morgan fingerprint density at radius 2 is 1.86 bits per heavy atom. The van der Waals surface area contributed by atoms with Crippen molar-refractivity contribution in [2.24, 2.45) is 7.05 Å². The summed E-state index contributed by atoms with van der Waals surface area (Å²) in [5, 5.41) is 8.46. The van der Waals surface area contributed by atoms with Gasteiger partial charge in [-0.15, -0.1) is 0 Å². The maximum Gasteiger partial charge on any atom is 0.254 e. The largest absolute Gasteiger partial charge is 0.336 e. The molecule has 1 amide bonds. The number of carbonyl (C=O) groups is 1. The second kappa shape index (κ2) is 9.35. The number of nitrogens with one attached hydrogen (secondary N) is 1. The summed E-state index contributed by atoms with van der Waals surface area (Å²) in [7, 11) is 1.92. The molecule has 1 N–H and O–H groups in total. The van der Waals surface area contributed by atoms with Crippen LogP contribution < -0.4 is 5.32 Å². The van der Waals surface area contributed by atoms with Crippen molar-refractivity contribution < 1.29 is 4.79 Å². The minimum Gasteiger partial charge on any atom is -0.336 e. The first-order valence-electron chi connectivity index (χ1n) is 12.5. The third kappa shape index (κ3) is 4.09. The summed E-state index contributed by atoms with van der Waals surface area (Å²) >= 11 is 6.83. The molecule has 3 aromatic heterocycles. The predicted molar refractivity (Wildman–Crippen MR) is 141 cm³/mol. The molecule has 2 aliphatic heterocycles. The number of nitrogens with zero attached hydrogens (tertiary/aromatic N) is 6. The van der Waals surface area contributed by atoms with Gasteiger partial charge in [0.05, 0.1) is 5.69 Å². The Hall–Kier alpha value is -3.20. The van der Waals surface area contributed by atoms with E-state index in [1.807, 2.05) is 70.7 Å². The zero-order valence-corrected chi connectivity index (χ0v) is 21.4. The lowest BCUT2D eigenvalue weighted by molar-refractivity contribution is 0.0584. The number of hydrogen-bond donors (Lipinski definition) is 1. The number of carbonyl (C=O) groups excluding carboxylic acids is 1. The van der Waals surface area contributed by atoms with Crippen molar-refractivity contribution in [3.63, 3.8) is 0 Å². The summed E-state index contributed by atoms with van der Waals surface area (Å²) in [6, 6.07) is 12.4. The zero-order chi connectivity index (χ0) is 24.8. The molecule has 0 aliphatic carbocycles. The van der Waals surface area contributed by atoms with Crippen LogP contribution in [0.1, 0.15) is 22.5 Å². The molecule has 2 fully saturated rings. The van der Waals surface area contributed by atoms with Gasteiger partial charge in [0.15, 0.2) is 0 Å². The summed E-state index contributed by atoms with van der Waals surface area (Å²) in [6.07, 6.45) is 5.05. The molecule has 1 aromatic carbocycles. The van der Waals surface area contributed by atoms with Gasteiger partial charge in [0, 0.05) is 74.9 Å². The van der Waals surface area contributed by atoms with Crippen molar-refractivity contribution in [2.45, 2.75) is 19.4 Å². The smallest absolute Gasteiger partial charge is 0.254 e. The zero-order valence-electron chi connectivity index (χ0n) is 20.6. The molecule has 6 rings (SSSR count). The molecule has 8 nitrogen and oxygen atoms in total. The van der Waals surface area contributed by atoms with Crippen LogP contribution in [0.5, 0.6) is 0 Å². The first kappa shape index (κ1) is 23.2. The van der Waals surface area contributed by atoms with Gasteiger partial charge < -0.3 is 10.2 Å². The number of imidazole rings is 1. The molecule has 186 valence electrons. The predicted octanol–water partition coefficient (Wildman–Crippen LogP) is 3.48. The normalized spacial score (nSPS) is 18.9. The number of benzene rings is 1. The minimum atomic E-state index is 0.0498. The number of pyridine rings is 1. The highest BCUT2D eigenvalue weighted by atomic mass is 35.5. The molecule has 1 atom stereocenters. The number of fused-ring (bicyclic) bond motifs is 1. The third-order valence-electron chi connectivity index (χ3n) is 7.45. The van der Waals surface area contributed by atoms with Crippen LogP contribution in [-0.4, -0.2) is 80.2 Å². The first-order valence-corrected chi connectivity index (χ1v) is 12.9. The lowest BCUT2D eigenvalue weighted by Crippen LogP contribution is -2.52. The highest BCUT2D eigenvalue weighted by Crippen LogP contribution is 2.37. The molecule has 4 aromatic rings. The number of amides is 1. The monoisotopic (exact) mass is 503 g/mol. The maximum absolute atomic E-state index is 13.3. The average molecular weight is 504 g/mol. The molecule has 0 radical (unpaired) electrons. The SMILES string of the molecule is Cc1nn(C)cc1-c1ccccc1-c1nc2cc(C(=O)N3CCN(C4CCNC4)CC3)ccn2c1Cl. The van der Waals surface area contributed by atoms with E-state index in [0.717, 1.165) is 61.7 Å². The van der Waals surface area contributed by atoms with Crippen LogP contribution in [0.25, 0.3) is 28.0 Å². The number of halogens is 1. The minimum absolute atomic E-state index is 0.0498. The van der Waals surface area contributed by atoms with Crippen LogP contribution in [0.2, 0.25) is 5.15 Å². The molecule has 2 aliphatic rings. The van der Waals surface area contributed by atoms with E-state index in [4.69, 9.17) is 16.6 Å². The molecule has 36 heavy (non-hydrogen) atoms. The molecule has 5 heterocycles. The highest BCUT2D eigenvalue weighted by molar-refractivity contribution is 6.32. The van der Waals surface area contributed by atoms with Crippen LogP contribution in [0.3, 0.4) is 0 Å². The Labute approximate surface area is 215 Å². The summed E-state index contributed by atoms with van der Waals surface area (Å²) < 4.78 is 3.65. The van der Waals surface area contributed by atoms with Gasteiger partial charge in [-0.1, -0.05) is 35.9 Å². The molecule has 9 heteroatoms. The molecular weight excluding hydrogens is 474 g/mol. The van der Waals surface area contributed by atoms with Gasteiger partial charge in [0.25, 0.3) is 5.91 Å². The number of piperazine rings is 1. The van der Waals surface area contributed by atoms with Crippen LogP contribution in [0, 0.1) is 6.92 Å². The second-order valence-electron chi connectivity index (χ2n) is 9.72. The molecule has 2 saturated heterocycles. The van der Waals surface area contributed by atoms with E-state index in [0.29, 0.717) is 28.1 Å². The molecular formula is C27H30ClN7O. The number of rotatable bonds is 4. The van der Waals surface area contributed by atoms with Crippen molar-refractivity contribution in [3.05, 3.63) is 65.2 Å². The highest BCUT2D eigenvalue weighted by Gasteiger charge is 2.28. The Morgan fingerprint density at radius 1 is 1.08 bits per heavy atom. The van der Waals surface area contributed by atoms with Crippen molar-refractivity contribution in [3.8, 4) is 22.4 Å². The third-order valence-corrected chi connectivity index (χ3v) is 7.81. The van der Waals surface area contributed by atoms with Crippen molar-refractivity contribution >= 4 is 23.2 Å². The number of hydrogen-bond acceptors (Lipinski definition) is 5. The summed E-state index contributed by atoms with van der Waals surface area (Å²) in [5.41, 5.74) is 5.95. The van der Waals surface area contributed by atoms with Gasteiger partial charge in [0.2, 0.25) is 0 Å². The summed E-state index contributed by atoms with van der Waals surface area (Å²) in [6.45, 7) is 7.48. The van der Waals surface area contributed by atoms with Crippen LogP contribution in [-0.2, 0) is 7.05 Å². The standard InChI is InChI=1S/C27H30ClN7O/c1-18-23(17-32(2)31-18)21-5-3-4-6-22(21)25-26(28)35-10-8-19(15-24(35)30-25)27(36)34-13-11-33(12-14-34)20-7-9-29-16-20/h3-6,8,10,15,17,20,29H,7,9,11-14,16H2,1-2H3. The fourth-order valence-electron chi connectivity index (χ4n) is 5.53. The van der Waals surface area contributed by atoms with Gasteiger partial charge in [-0.2, -0.15) is 5.10 Å². The van der Waals surface area contributed by atoms with Gasteiger partial charge in [0.1, 0.15) is 16.5 Å². The van der Waals surface area contributed by atoms with Gasteiger partial charge in [-0.05, 0) is 37.6 Å². The molecule has 1 unspecified atom stereocenters. The van der Waals surface area contributed by atoms with Crippen molar-refractivity contribution in [1.82, 2.24) is 34.3 Å². The summed E-state index contributed by atoms with van der Waals surface area (Å²) in [4.78, 5) is 22.7. The van der Waals surface area contributed by atoms with Crippen LogP contribution >= 0.6 is 11.6 Å². The maximum atomic E-state index is 13.3. The second-order valence-corrected chi connectivity index (χ2v) is 10.1. The van der Waals surface area contributed by atoms with E-state index in [9.17, 15) is 4.79 Å². The quantitative estimate of drug-likeness (QED) is 0.461. The first-order chi connectivity index (χ1) is 17.5. The fraction of sp³-hybridized carbons (Fsp3) is 0.370. The lowest BCUT2D eigenvalue weighted by atomic mass is 9.99. The molecule has 0 saturated carbocycles. The van der Waals surface area contributed by atoms with Crippen LogP contribution in [0.4, 0.5) is 0 Å². The van der Waals surface area contributed by atoms with E-state index in [2.05, 4.69) is 21.4 Å². The van der Waals surface area contributed by atoms with E-state index in [1.54, 1.807) is 0 Å². The van der Waals surface area contributed by atoms with E-state index < -0.39 is 0 Å². The summed E-state index contributed by atoms with van der Waals surface area (Å²) in [5.74, 6) is 0.0498. The van der Waals surface area contributed by atoms with E-state index >= 15 is 0 Å². The van der Waals surface area contributed by atoms with Gasteiger partial charge >= 0.3 is 0 Å². The fourth-order valence-corrected chi connectivity index (χ4v) is 5.82. The topological polar surface area (TPSA) is 70.7 Å². The number of aromatic nitrogens is 4. The van der Waals surface area contributed by atoms with Gasteiger partial charge in [-0.25, -0.2) is 4.98 Å². The average Bonchev–Trinajstić information content (AvgIpc) is 3.63. The van der Waals surface area contributed by atoms with E-state index in [1.165, 1.54) is 6.42 Å². The van der Waals surface area contributed by atoms with Gasteiger partial charge in [-0.3, -0.25) is 18.8 Å². The molecule has 0 bridgehead atoms. The Morgan fingerprint density at radius 3 is 2.56 bits per heavy atom. The lowest BCUT2D eigenvalue weighted by Gasteiger charge is -2.37. The van der Waals surface area contributed by atoms with Crippen molar-refractivity contribution in [2.75, 3.05) is 39.3 Å². The number of aryl methyl sites for hydroxylation is 2. The van der Waals surface area contributed by atoms with Crippen LogP contribution in [0.15, 0.2) is 48.8 Å². The van der Waals surface area contributed by atoms with Crippen molar-refractivity contribution in [1.29, 1.82) is 0 Å². The molecule has 0 spiro atoms. The van der Waals surface area contributed by atoms with E-state index in [-0.39, 0.29) is 5.91 Å². The Bertz CT molecular complexity index is 1430.